The molecule has 0 radical (unpaired) electrons. The smallest absolute Gasteiger partial charge is 0.270 e. The number of hydrogen-bond donors (Lipinski definition) is 0. The first-order valence-corrected chi connectivity index (χ1v) is 9.72. The molecule has 1 saturated heterocycles. The monoisotopic (exact) mass is 374 g/mol. The maximum atomic E-state index is 13.1. The largest absolute Gasteiger partial charge is 0.271 e. The van der Waals surface area contributed by atoms with Gasteiger partial charge in [-0.15, -0.1) is 0 Å². The standard InChI is InChI=1S/C18H15FN2O4S/c1-11-15(8-12-2-4-13(19)5-3-12)17(22)21(18(23)16(11)9-20)14-6-7-26(24,25)10-14/h2-5,8,14H,6-7,10H2,1H3. The van der Waals surface area contributed by atoms with Gasteiger partial charge in [-0.1, -0.05) is 12.1 Å². The maximum Gasteiger partial charge on any atom is 0.271 e. The van der Waals surface area contributed by atoms with Gasteiger partial charge in [0.1, 0.15) is 17.5 Å². The Morgan fingerprint density at radius 2 is 1.88 bits per heavy atom. The summed E-state index contributed by atoms with van der Waals surface area (Å²) in [7, 11) is -3.32. The third-order valence-corrected chi connectivity index (χ3v) is 6.28. The van der Waals surface area contributed by atoms with Crippen LogP contribution in [-0.4, -0.2) is 42.7 Å². The van der Waals surface area contributed by atoms with Gasteiger partial charge in [0.05, 0.1) is 17.5 Å². The molecular weight excluding hydrogens is 359 g/mol. The lowest BCUT2D eigenvalue weighted by atomic mass is 9.92. The Labute approximate surface area is 150 Å². The van der Waals surface area contributed by atoms with E-state index in [1.807, 2.05) is 6.07 Å². The molecule has 26 heavy (non-hydrogen) atoms. The van der Waals surface area contributed by atoms with E-state index < -0.39 is 33.5 Å². The molecule has 0 spiro atoms. The fourth-order valence-corrected chi connectivity index (χ4v) is 4.84. The number of nitrogens with zero attached hydrogens (tertiary/aromatic N) is 2. The van der Waals surface area contributed by atoms with Crippen LogP contribution in [0.2, 0.25) is 0 Å². The van der Waals surface area contributed by atoms with E-state index in [0.717, 1.165) is 4.90 Å². The Hall–Kier alpha value is -2.79. The molecular formula is C18H15FN2O4S. The quantitative estimate of drug-likeness (QED) is 0.579. The zero-order valence-corrected chi connectivity index (χ0v) is 14.7. The van der Waals surface area contributed by atoms with Gasteiger partial charge in [-0.25, -0.2) is 12.8 Å². The van der Waals surface area contributed by atoms with Gasteiger partial charge in [0, 0.05) is 5.57 Å². The van der Waals surface area contributed by atoms with E-state index in [-0.39, 0.29) is 34.6 Å². The van der Waals surface area contributed by atoms with Gasteiger partial charge in [-0.3, -0.25) is 14.5 Å². The van der Waals surface area contributed by atoms with Crippen molar-refractivity contribution in [2.75, 3.05) is 11.5 Å². The Morgan fingerprint density at radius 1 is 1.23 bits per heavy atom. The fraction of sp³-hybridized carbons (Fsp3) is 0.278. The number of sulfone groups is 1. The third-order valence-electron chi connectivity index (χ3n) is 4.53. The van der Waals surface area contributed by atoms with Gasteiger partial charge >= 0.3 is 0 Å². The van der Waals surface area contributed by atoms with Crippen molar-refractivity contribution in [2.45, 2.75) is 19.4 Å². The highest BCUT2D eigenvalue weighted by Gasteiger charge is 2.43. The number of benzene rings is 1. The normalized spacial score (nSPS) is 24.3. The zero-order valence-electron chi connectivity index (χ0n) is 13.9. The molecule has 2 aliphatic heterocycles. The molecule has 134 valence electrons. The van der Waals surface area contributed by atoms with Crippen LogP contribution in [-0.2, 0) is 19.4 Å². The summed E-state index contributed by atoms with van der Waals surface area (Å²) in [4.78, 5) is 26.4. The molecule has 2 heterocycles. The Morgan fingerprint density at radius 3 is 2.42 bits per heavy atom. The lowest BCUT2D eigenvalue weighted by Crippen LogP contribution is -2.49. The lowest BCUT2D eigenvalue weighted by molar-refractivity contribution is -0.142. The van der Waals surface area contributed by atoms with E-state index in [1.165, 1.54) is 37.3 Å². The molecule has 6 nitrogen and oxygen atoms in total. The van der Waals surface area contributed by atoms with Gasteiger partial charge in [0.25, 0.3) is 11.8 Å². The minimum absolute atomic E-state index is 0.101. The van der Waals surface area contributed by atoms with E-state index >= 15 is 0 Å². The number of nitriles is 1. The molecule has 1 aromatic carbocycles. The molecule has 0 N–H and O–H groups in total. The second kappa shape index (κ2) is 6.50. The van der Waals surface area contributed by atoms with Crippen LogP contribution in [0.1, 0.15) is 18.9 Å². The topological polar surface area (TPSA) is 95.3 Å². The predicted molar refractivity (Wildman–Crippen MR) is 91.6 cm³/mol. The van der Waals surface area contributed by atoms with Crippen molar-refractivity contribution in [3.05, 3.63) is 52.4 Å². The first-order chi connectivity index (χ1) is 12.2. The van der Waals surface area contributed by atoms with Gasteiger partial charge < -0.3 is 0 Å². The van der Waals surface area contributed by atoms with Crippen molar-refractivity contribution in [3.63, 3.8) is 0 Å². The van der Waals surface area contributed by atoms with Crippen molar-refractivity contribution in [1.29, 1.82) is 5.26 Å². The summed E-state index contributed by atoms with van der Waals surface area (Å²) in [6, 6.07) is 6.43. The number of carbonyl (C=O) groups is 2. The Bertz CT molecular complexity index is 1000. The van der Waals surface area contributed by atoms with E-state index in [0.29, 0.717) is 5.56 Å². The highest BCUT2D eigenvalue weighted by atomic mass is 32.2. The van der Waals surface area contributed by atoms with Crippen LogP contribution in [0, 0.1) is 17.1 Å². The molecule has 2 aliphatic rings. The first kappa shape index (κ1) is 18.0. The van der Waals surface area contributed by atoms with Crippen LogP contribution in [0.5, 0.6) is 0 Å². The third kappa shape index (κ3) is 3.18. The highest BCUT2D eigenvalue weighted by Crippen LogP contribution is 2.31. The van der Waals surface area contributed by atoms with E-state index in [2.05, 4.69) is 0 Å². The average molecular weight is 374 g/mol. The molecule has 1 aromatic rings. The van der Waals surface area contributed by atoms with Crippen LogP contribution in [0.15, 0.2) is 41.0 Å². The van der Waals surface area contributed by atoms with E-state index in [1.54, 1.807) is 0 Å². The molecule has 1 fully saturated rings. The highest BCUT2D eigenvalue weighted by molar-refractivity contribution is 7.91. The van der Waals surface area contributed by atoms with E-state index in [9.17, 15) is 27.7 Å². The Balaban J connectivity index is 2.08. The van der Waals surface area contributed by atoms with Crippen LogP contribution < -0.4 is 0 Å². The summed E-state index contributed by atoms with van der Waals surface area (Å²) < 4.78 is 36.6. The molecule has 0 aromatic heterocycles. The average Bonchev–Trinajstić information content (AvgIpc) is 2.93. The van der Waals surface area contributed by atoms with Crippen LogP contribution >= 0.6 is 0 Å². The lowest BCUT2D eigenvalue weighted by Gasteiger charge is -2.31. The maximum absolute atomic E-state index is 13.1. The summed E-state index contributed by atoms with van der Waals surface area (Å²) in [5.41, 5.74) is 0.683. The molecule has 1 atom stereocenters. The zero-order chi connectivity index (χ0) is 19.1. The predicted octanol–water partition coefficient (Wildman–Crippen LogP) is 1.61. The van der Waals surface area contributed by atoms with Gasteiger partial charge in [-0.05, 0) is 42.7 Å². The molecule has 1 unspecified atom stereocenters. The Kier molecular flexibility index (Phi) is 4.50. The summed E-state index contributed by atoms with van der Waals surface area (Å²) in [5.74, 6) is -2.24. The molecule has 3 rings (SSSR count). The second-order valence-electron chi connectivity index (χ2n) is 6.26. The van der Waals surface area contributed by atoms with Crippen molar-refractivity contribution in [1.82, 2.24) is 4.90 Å². The SMILES string of the molecule is CC1=C(C#N)C(=O)N(C2CCS(=O)(=O)C2)C(=O)C1=Cc1ccc(F)cc1. The van der Waals surface area contributed by atoms with Gasteiger partial charge in [0.15, 0.2) is 9.84 Å². The summed E-state index contributed by atoms with van der Waals surface area (Å²) in [5, 5.41) is 9.34. The number of carbonyl (C=O) groups excluding carboxylic acids is 2. The number of amides is 2. The second-order valence-corrected chi connectivity index (χ2v) is 8.49. The fourth-order valence-electron chi connectivity index (χ4n) is 3.14. The van der Waals surface area contributed by atoms with Gasteiger partial charge in [0.2, 0.25) is 0 Å². The molecule has 0 aliphatic carbocycles. The van der Waals surface area contributed by atoms with E-state index in [4.69, 9.17) is 0 Å². The van der Waals surface area contributed by atoms with Crippen molar-refractivity contribution in [2.24, 2.45) is 0 Å². The summed E-state index contributed by atoms with van der Waals surface area (Å²) in [6.45, 7) is 1.49. The minimum atomic E-state index is -3.32. The summed E-state index contributed by atoms with van der Waals surface area (Å²) in [6.07, 6.45) is 1.62. The number of halogens is 1. The molecule has 2 amide bonds. The first-order valence-electron chi connectivity index (χ1n) is 7.90. The number of rotatable bonds is 2. The van der Waals surface area contributed by atoms with Gasteiger partial charge in [-0.2, -0.15) is 5.26 Å². The van der Waals surface area contributed by atoms with Crippen LogP contribution in [0.25, 0.3) is 6.08 Å². The van der Waals surface area contributed by atoms with Crippen LogP contribution in [0.4, 0.5) is 4.39 Å². The number of imide groups is 1. The van der Waals surface area contributed by atoms with Crippen molar-refractivity contribution < 1.29 is 22.4 Å². The molecule has 0 saturated carbocycles. The molecule has 0 bridgehead atoms. The van der Waals surface area contributed by atoms with Crippen molar-refractivity contribution in [3.8, 4) is 6.07 Å². The molecule has 8 heteroatoms. The summed E-state index contributed by atoms with van der Waals surface area (Å²) >= 11 is 0. The number of hydrogen-bond acceptors (Lipinski definition) is 5. The van der Waals surface area contributed by atoms with Crippen molar-refractivity contribution >= 4 is 27.7 Å². The van der Waals surface area contributed by atoms with Crippen LogP contribution in [0.3, 0.4) is 0 Å². The minimum Gasteiger partial charge on any atom is -0.270 e.